The van der Waals surface area contributed by atoms with Crippen molar-refractivity contribution in [3.63, 3.8) is 0 Å². The zero-order valence-electron chi connectivity index (χ0n) is 9.95. The molecule has 0 fully saturated rings. The van der Waals surface area contributed by atoms with Gasteiger partial charge >= 0.3 is 0 Å². The Balaban J connectivity index is 2.39. The molecule has 0 saturated carbocycles. The fourth-order valence-electron chi connectivity index (χ4n) is 2.16. The topological polar surface area (TPSA) is 16.1 Å². The van der Waals surface area contributed by atoms with Gasteiger partial charge in [-0.05, 0) is 37.3 Å². The predicted molar refractivity (Wildman–Crippen MR) is 64.5 cm³/mol. The summed E-state index contributed by atoms with van der Waals surface area (Å²) in [6.45, 7) is 8.85. The van der Waals surface area contributed by atoms with Crippen LogP contribution in [0.15, 0.2) is 12.1 Å². The highest BCUT2D eigenvalue weighted by atomic mass is 15.2. The van der Waals surface area contributed by atoms with Gasteiger partial charge in [-0.1, -0.05) is 19.9 Å². The zero-order chi connectivity index (χ0) is 10.8. The van der Waals surface area contributed by atoms with E-state index in [2.05, 4.69) is 37.8 Å². The highest BCUT2D eigenvalue weighted by Gasteiger charge is 2.17. The molecule has 0 unspecified atom stereocenters. The maximum atomic E-state index is 4.79. The van der Waals surface area contributed by atoms with Gasteiger partial charge in [0, 0.05) is 18.8 Å². The molecule has 2 rings (SSSR count). The number of rotatable bonds is 2. The predicted octanol–water partition coefficient (Wildman–Crippen LogP) is 2.98. The molecule has 2 nitrogen and oxygen atoms in total. The van der Waals surface area contributed by atoms with Crippen LogP contribution in [0.2, 0.25) is 0 Å². The maximum Gasteiger partial charge on any atom is 0.132 e. The minimum absolute atomic E-state index is 0.524. The molecule has 0 amide bonds. The molecule has 0 N–H and O–H groups in total. The lowest BCUT2D eigenvalue weighted by Crippen LogP contribution is -2.30. The SMILES string of the molecule is CCN1CCCc2ccc(C(C)C)nc21. The van der Waals surface area contributed by atoms with Gasteiger partial charge < -0.3 is 4.90 Å². The maximum absolute atomic E-state index is 4.79. The highest BCUT2D eigenvalue weighted by molar-refractivity contribution is 5.50. The number of anilines is 1. The molecule has 0 aliphatic carbocycles. The van der Waals surface area contributed by atoms with Gasteiger partial charge in [0.05, 0.1) is 0 Å². The Kier molecular flexibility index (Phi) is 2.94. The average Bonchev–Trinajstić information content (AvgIpc) is 2.27. The Bertz CT molecular complexity index is 344. The number of aromatic nitrogens is 1. The lowest BCUT2D eigenvalue weighted by atomic mass is 10.0. The van der Waals surface area contributed by atoms with Crippen molar-refractivity contribution in [2.75, 3.05) is 18.0 Å². The zero-order valence-corrected chi connectivity index (χ0v) is 9.95. The van der Waals surface area contributed by atoms with E-state index in [1.54, 1.807) is 0 Å². The van der Waals surface area contributed by atoms with E-state index in [1.807, 2.05) is 0 Å². The molecule has 1 aromatic rings. The van der Waals surface area contributed by atoms with E-state index in [4.69, 9.17) is 4.98 Å². The molecule has 0 radical (unpaired) electrons. The van der Waals surface area contributed by atoms with Crippen LogP contribution in [-0.2, 0) is 6.42 Å². The number of fused-ring (bicyclic) bond motifs is 1. The molecule has 15 heavy (non-hydrogen) atoms. The summed E-state index contributed by atoms with van der Waals surface area (Å²) in [5.74, 6) is 1.76. The van der Waals surface area contributed by atoms with Gasteiger partial charge in [0.15, 0.2) is 0 Å². The van der Waals surface area contributed by atoms with Gasteiger partial charge in [0.25, 0.3) is 0 Å². The lowest BCUT2D eigenvalue weighted by molar-refractivity contribution is 0.685. The van der Waals surface area contributed by atoms with Crippen LogP contribution in [0.1, 0.15) is 44.4 Å². The summed E-state index contributed by atoms with van der Waals surface area (Å²) >= 11 is 0. The molecule has 0 spiro atoms. The van der Waals surface area contributed by atoms with Crippen LogP contribution in [-0.4, -0.2) is 18.1 Å². The second-order valence-electron chi connectivity index (χ2n) is 4.56. The molecule has 0 bridgehead atoms. The highest BCUT2D eigenvalue weighted by Crippen LogP contribution is 2.26. The van der Waals surface area contributed by atoms with Crippen molar-refractivity contribution < 1.29 is 0 Å². The van der Waals surface area contributed by atoms with E-state index in [-0.39, 0.29) is 0 Å². The molecule has 0 saturated heterocycles. The largest absolute Gasteiger partial charge is 0.357 e. The van der Waals surface area contributed by atoms with Crippen LogP contribution in [0.4, 0.5) is 5.82 Å². The first-order chi connectivity index (χ1) is 7.22. The molecule has 1 aliphatic rings. The quantitative estimate of drug-likeness (QED) is 0.736. The Morgan fingerprint density at radius 1 is 1.40 bits per heavy atom. The Hall–Kier alpha value is -1.05. The van der Waals surface area contributed by atoms with Gasteiger partial charge in [-0.25, -0.2) is 4.98 Å². The fourth-order valence-corrected chi connectivity index (χ4v) is 2.16. The normalized spacial score (nSPS) is 15.6. The number of pyridine rings is 1. The summed E-state index contributed by atoms with van der Waals surface area (Å²) in [5, 5.41) is 0. The van der Waals surface area contributed by atoms with E-state index in [0.717, 1.165) is 13.1 Å². The van der Waals surface area contributed by atoms with Gasteiger partial charge in [-0.3, -0.25) is 0 Å². The number of hydrogen-bond acceptors (Lipinski definition) is 2. The molecular formula is C13H20N2. The Morgan fingerprint density at radius 2 is 2.20 bits per heavy atom. The first kappa shape index (κ1) is 10.5. The second kappa shape index (κ2) is 4.21. The summed E-state index contributed by atoms with van der Waals surface area (Å²) in [5.41, 5.74) is 2.64. The van der Waals surface area contributed by atoms with Crippen LogP contribution >= 0.6 is 0 Å². The van der Waals surface area contributed by atoms with Crippen molar-refractivity contribution in [1.82, 2.24) is 4.98 Å². The van der Waals surface area contributed by atoms with Crippen LogP contribution in [0, 0.1) is 0 Å². The lowest BCUT2D eigenvalue weighted by Gasteiger charge is -2.29. The Labute approximate surface area is 92.3 Å². The standard InChI is InChI=1S/C13H20N2/c1-4-15-9-5-6-11-7-8-12(10(2)3)14-13(11)15/h7-8,10H,4-6,9H2,1-3H3. The molecule has 0 aromatic carbocycles. The van der Waals surface area contributed by atoms with E-state index >= 15 is 0 Å². The monoisotopic (exact) mass is 204 g/mol. The fraction of sp³-hybridized carbons (Fsp3) is 0.615. The summed E-state index contributed by atoms with van der Waals surface area (Å²) < 4.78 is 0. The van der Waals surface area contributed by atoms with Crippen LogP contribution in [0.25, 0.3) is 0 Å². The molecule has 82 valence electrons. The van der Waals surface area contributed by atoms with Crippen LogP contribution in [0.3, 0.4) is 0 Å². The average molecular weight is 204 g/mol. The van der Waals surface area contributed by atoms with Gasteiger partial charge in [-0.15, -0.1) is 0 Å². The van der Waals surface area contributed by atoms with Crippen molar-refractivity contribution >= 4 is 5.82 Å². The first-order valence-electron chi connectivity index (χ1n) is 5.97. The van der Waals surface area contributed by atoms with Crippen molar-refractivity contribution in [2.45, 2.75) is 39.5 Å². The molecule has 0 atom stereocenters. The third-order valence-corrected chi connectivity index (χ3v) is 3.12. The summed E-state index contributed by atoms with van der Waals surface area (Å²) in [6, 6.07) is 4.45. The Morgan fingerprint density at radius 3 is 2.87 bits per heavy atom. The third-order valence-electron chi connectivity index (χ3n) is 3.12. The second-order valence-corrected chi connectivity index (χ2v) is 4.56. The number of aryl methyl sites for hydroxylation is 1. The van der Waals surface area contributed by atoms with Crippen LogP contribution < -0.4 is 4.90 Å². The van der Waals surface area contributed by atoms with Crippen molar-refractivity contribution in [3.05, 3.63) is 23.4 Å². The first-order valence-corrected chi connectivity index (χ1v) is 5.97. The smallest absolute Gasteiger partial charge is 0.132 e. The van der Waals surface area contributed by atoms with E-state index in [1.165, 1.54) is 29.9 Å². The van der Waals surface area contributed by atoms with E-state index in [0.29, 0.717) is 5.92 Å². The van der Waals surface area contributed by atoms with Crippen LogP contribution in [0.5, 0.6) is 0 Å². The minimum atomic E-state index is 0.524. The van der Waals surface area contributed by atoms with Gasteiger partial charge in [0.1, 0.15) is 5.82 Å². The number of nitrogens with zero attached hydrogens (tertiary/aromatic N) is 2. The summed E-state index contributed by atoms with van der Waals surface area (Å²) in [6.07, 6.45) is 2.46. The molecule has 2 heteroatoms. The van der Waals surface area contributed by atoms with Crippen molar-refractivity contribution in [1.29, 1.82) is 0 Å². The summed E-state index contributed by atoms with van der Waals surface area (Å²) in [7, 11) is 0. The summed E-state index contributed by atoms with van der Waals surface area (Å²) in [4.78, 5) is 7.18. The van der Waals surface area contributed by atoms with E-state index < -0.39 is 0 Å². The number of hydrogen-bond donors (Lipinski definition) is 0. The van der Waals surface area contributed by atoms with E-state index in [9.17, 15) is 0 Å². The minimum Gasteiger partial charge on any atom is -0.357 e. The van der Waals surface area contributed by atoms with Gasteiger partial charge in [-0.2, -0.15) is 0 Å². The van der Waals surface area contributed by atoms with Crippen molar-refractivity contribution in [3.8, 4) is 0 Å². The molecule has 1 aromatic heterocycles. The molecule has 2 heterocycles. The van der Waals surface area contributed by atoms with Gasteiger partial charge in [0.2, 0.25) is 0 Å². The van der Waals surface area contributed by atoms with Crippen molar-refractivity contribution in [2.24, 2.45) is 0 Å². The molecule has 1 aliphatic heterocycles. The third kappa shape index (κ3) is 1.99. The molecular weight excluding hydrogens is 184 g/mol.